The Hall–Kier alpha value is -3.92. The number of ether oxygens (including phenoxy) is 2. The van der Waals surface area contributed by atoms with Crippen LogP contribution in [0.2, 0.25) is 0 Å². The number of benzene rings is 2. The first-order valence-electron chi connectivity index (χ1n) is 9.62. The molecule has 164 valence electrons. The fourth-order valence-electron chi connectivity index (χ4n) is 3.08. The van der Waals surface area contributed by atoms with E-state index in [1.807, 2.05) is 12.1 Å². The van der Waals surface area contributed by atoms with E-state index < -0.39 is 10.0 Å². The van der Waals surface area contributed by atoms with Gasteiger partial charge in [0.15, 0.2) is 11.6 Å². The molecule has 0 saturated carbocycles. The lowest BCUT2D eigenvalue weighted by atomic mass is 10.2. The number of methoxy groups -OCH3 is 2. The minimum atomic E-state index is -3.79. The van der Waals surface area contributed by atoms with Gasteiger partial charge in [0.25, 0.3) is 0 Å². The molecular weight excluding hydrogens is 430 g/mol. The molecule has 4 rings (SSSR count). The molecule has 0 fully saturated rings. The van der Waals surface area contributed by atoms with E-state index >= 15 is 0 Å². The van der Waals surface area contributed by atoms with E-state index in [0.717, 1.165) is 0 Å². The van der Waals surface area contributed by atoms with Gasteiger partial charge in [0.2, 0.25) is 10.0 Å². The van der Waals surface area contributed by atoms with E-state index in [9.17, 15) is 8.42 Å². The van der Waals surface area contributed by atoms with Crippen molar-refractivity contribution < 1.29 is 17.9 Å². The molecule has 0 radical (unpaired) electrons. The SMILES string of the molecule is COc1ccc(OC)c(Nc2nc3ccccc3nc2NS(=O)(=O)Cc2cccnc2)c1. The van der Waals surface area contributed by atoms with Crippen LogP contribution in [0.3, 0.4) is 0 Å². The van der Waals surface area contributed by atoms with Crippen molar-refractivity contribution in [3.8, 4) is 11.5 Å². The quantitative estimate of drug-likeness (QED) is 0.416. The number of sulfonamides is 1. The normalized spacial score (nSPS) is 11.2. The predicted molar refractivity (Wildman–Crippen MR) is 123 cm³/mol. The summed E-state index contributed by atoms with van der Waals surface area (Å²) in [6, 6.07) is 15.8. The van der Waals surface area contributed by atoms with Crippen LogP contribution in [-0.2, 0) is 15.8 Å². The number of hydrogen-bond donors (Lipinski definition) is 2. The lowest BCUT2D eigenvalue weighted by Crippen LogP contribution is -2.17. The standard InChI is InChI=1S/C22H21N5O4S/c1-30-16-9-10-20(31-2)19(12-16)26-21-22(25-18-8-4-3-7-17(18)24-21)27-32(28,29)14-15-6-5-11-23-13-15/h3-13H,14H2,1-2H3,(H,24,26)(H,25,27). The Bertz CT molecular complexity index is 1350. The smallest absolute Gasteiger partial charge is 0.238 e. The van der Waals surface area contributed by atoms with Gasteiger partial charge in [-0.3, -0.25) is 9.71 Å². The Balaban J connectivity index is 1.74. The van der Waals surface area contributed by atoms with Crippen LogP contribution in [-0.4, -0.2) is 37.6 Å². The van der Waals surface area contributed by atoms with Crippen molar-refractivity contribution in [2.75, 3.05) is 24.3 Å². The van der Waals surface area contributed by atoms with Crippen molar-refractivity contribution in [3.63, 3.8) is 0 Å². The number of fused-ring (bicyclic) bond motifs is 1. The monoisotopic (exact) mass is 451 g/mol. The van der Waals surface area contributed by atoms with Crippen LogP contribution < -0.4 is 19.5 Å². The van der Waals surface area contributed by atoms with Gasteiger partial charge in [-0.25, -0.2) is 18.4 Å². The number of nitrogens with zero attached hydrogens (tertiary/aromatic N) is 3. The topological polar surface area (TPSA) is 115 Å². The summed E-state index contributed by atoms with van der Waals surface area (Å²) in [5.74, 6) is 1.17. The van der Waals surface area contributed by atoms with E-state index in [4.69, 9.17) is 9.47 Å². The summed E-state index contributed by atoms with van der Waals surface area (Å²) in [6.07, 6.45) is 3.09. The minimum absolute atomic E-state index is 0.0671. The number of pyridine rings is 1. The lowest BCUT2D eigenvalue weighted by molar-refractivity contribution is 0.405. The highest BCUT2D eigenvalue weighted by Crippen LogP contribution is 2.33. The summed E-state index contributed by atoms with van der Waals surface area (Å²) < 4.78 is 39.0. The van der Waals surface area contributed by atoms with Crippen molar-refractivity contribution in [2.45, 2.75) is 5.75 Å². The van der Waals surface area contributed by atoms with Crippen molar-refractivity contribution in [1.29, 1.82) is 0 Å². The molecule has 0 atom stereocenters. The summed E-state index contributed by atoms with van der Waals surface area (Å²) in [4.78, 5) is 13.0. The van der Waals surface area contributed by atoms with Crippen molar-refractivity contribution in [1.82, 2.24) is 15.0 Å². The Morgan fingerprint density at radius 3 is 2.31 bits per heavy atom. The van der Waals surface area contributed by atoms with E-state index in [-0.39, 0.29) is 17.4 Å². The van der Waals surface area contributed by atoms with Crippen LogP contribution in [0.15, 0.2) is 67.0 Å². The highest BCUT2D eigenvalue weighted by molar-refractivity contribution is 7.91. The number of anilines is 3. The minimum Gasteiger partial charge on any atom is -0.497 e. The maximum Gasteiger partial charge on any atom is 0.238 e. The summed E-state index contributed by atoms with van der Waals surface area (Å²) >= 11 is 0. The van der Waals surface area contributed by atoms with E-state index in [1.54, 1.807) is 55.8 Å². The van der Waals surface area contributed by atoms with Gasteiger partial charge in [0.1, 0.15) is 11.5 Å². The van der Waals surface area contributed by atoms with Crippen LogP contribution in [0.5, 0.6) is 11.5 Å². The Labute approximate surface area is 185 Å². The van der Waals surface area contributed by atoms with Crippen molar-refractivity contribution >= 4 is 38.4 Å². The maximum absolute atomic E-state index is 12.9. The highest BCUT2D eigenvalue weighted by Gasteiger charge is 2.19. The molecule has 4 aromatic rings. The number of nitrogens with one attached hydrogen (secondary N) is 2. The third-order valence-corrected chi connectivity index (χ3v) is 5.78. The van der Waals surface area contributed by atoms with Gasteiger partial charge in [-0.05, 0) is 35.9 Å². The molecule has 0 aliphatic carbocycles. The first-order valence-corrected chi connectivity index (χ1v) is 11.3. The second-order valence-corrected chi connectivity index (χ2v) is 8.55. The summed E-state index contributed by atoms with van der Waals surface area (Å²) in [6.45, 7) is 0. The Morgan fingerprint density at radius 1 is 0.906 bits per heavy atom. The van der Waals surface area contributed by atoms with E-state index in [2.05, 4.69) is 25.0 Å². The molecule has 2 aromatic heterocycles. The summed E-state index contributed by atoms with van der Waals surface area (Å²) in [5, 5.41) is 3.13. The van der Waals surface area contributed by atoms with Crippen LogP contribution in [0, 0.1) is 0 Å². The van der Waals surface area contributed by atoms with Crippen molar-refractivity contribution in [2.24, 2.45) is 0 Å². The van der Waals surface area contributed by atoms with Gasteiger partial charge in [0.05, 0.1) is 36.7 Å². The number of hydrogen-bond acceptors (Lipinski definition) is 8. The van der Waals surface area contributed by atoms with Gasteiger partial charge in [-0.2, -0.15) is 0 Å². The van der Waals surface area contributed by atoms with Gasteiger partial charge in [-0.15, -0.1) is 0 Å². The second-order valence-electron chi connectivity index (χ2n) is 6.82. The Kier molecular flexibility index (Phi) is 6.04. The molecular formula is C22H21N5O4S. The van der Waals surface area contributed by atoms with E-state index in [1.165, 1.54) is 13.3 Å². The molecule has 2 aromatic carbocycles. The van der Waals surface area contributed by atoms with Gasteiger partial charge >= 0.3 is 0 Å². The highest BCUT2D eigenvalue weighted by atomic mass is 32.2. The van der Waals surface area contributed by atoms with Crippen LogP contribution >= 0.6 is 0 Å². The zero-order valence-electron chi connectivity index (χ0n) is 17.4. The maximum atomic E-state index is 12.9. The van der Waals surface area contributed by atoms with Gasteiger partial charge in [0, 0.05) is 18.5 Å². The molecule has 0 spiro atoms. The second kappa shape index (κ2) is 9.06. The van der Waals surface area contributed by atoms with Gasteiger partial charge in [-0.1, -0.05) is 18.2 Å². The number of aromatic nitrogens is 3. The molecule has 2 heterocycles. The molecule has 9 nitrogen and oxygen atoms in total. The Morgan fingerprint density at radius 2 is 1.66 bits per heavy atom. The fourth-order valence-corrected chi connectivity index (χ4v) is 4.20. The predicted octanol–water partition coefficient (Wildman–Crippen LogP) is 3.73. The third kappa shape index (κ3) is 4.86. The first-order chi connectivity index (χ1) is 15.5. The molecule has 0 aliphatic rings. The molecule has 0 saturated heterocycles. The zero-order chi connectivity index (χ0) is 22.6. The van der Waals surface area contributed by atoms with Crippen molar-refractivity contribution in [3.05, 3.63) is 72.6 Å². The molecule has 2 N–H and O–H groups in total. The zero-order valence-corrected chi connectivity index (χ0v) is 18.3. The number of para-hydroxylation sites is 2. The van der Waals surface area contributed by atoms with E-state index in [0.29, 0.717) is 33.8 Å². The lowest BCUT2D eigenvalue weighted by Gasteiger charge is -2.16. The van der Waals surface area contributed by atoms with Crippen LogP contribution in [0.1, 0.15) is 5.56 Å². The average Bonchev–Trinajstić information content (AvgIpc) is 2.79. The molecule has 32 heavy (non-hydrogen) atoms. The van der Waals surface area contributed by atoms with Crippen LogP contribution in [0.4, 0.5) is 17.3 Å². The molecule has 0 unspecified atom stereocenters. The molecule has 0 amide bonds. The largest absolute Gasteiger partial charge is 0.497 e. The van der Waals surface area contributed by atoms with Crippen LogP contribution in [0.25, 0.3) is 11.0 Å². The number of rotatable bonds is 8. The third-order valence-electron chi connectivity index (χ3n) is 4.56. The fraction of sp³-hybridized carbons (Fsp3) is 0.136. The molecule has 0 aliphatic heterocycles. The summed E-state index contributed by atoms with van der Waals surface area (Å²) in [7, 11) is -0.695. The van der Waals surface area contributed by atoms with Gasteiger partial charge < -0.3 is 14.8 Å². The molecule has 0 bridgehead atoms. The summed E-state index contributed by atoms with van der Waals surface area (Å²) in [5.41, 5.74) is 2.25. The molecule has 10 heteroatoms. The average molecular weight is 452 g/mol. The first kappa shape index (κ1) is 21.3.